The highest BCUT2D eigenvalue weighted by molar-refractivity contribution is 5.97. The summed E-state index contributed by atoms with van der Waals surface area (Å²) in [4.78, 5) is 37.7. The monoisotopic (exact) mass is 362 g/mol. The number of benzene rings is 1. The average molecular weight is 362 g/mol. The molecule has 8 heteroatoms. The summed E-state index contributed by atoms with van der Waals surface area (Å²) in [5.41, 5.74) is 11.0. The van der Waals surface area contributed by atoms with Gasteiger partial charge < -0.3 is 21.5 Å². The SMILES string of the molecule is NCCCN(C(=O)COc1ccccc1C(N)=O)C(=O)C[C@@H]1CCCN1. The standard InChI is InChI=1S/C18H26N4O4/c19-8-4-10-22(16(23)11-13-5-3-9-21-13)17(24)12-26-15-7-2-1-6-14(15)18(20)25/h1-2,6-7,13,21H,3-5,8-12,19H2,(H2,20,25)/t13-/m0/s1. The second kappa shape index (κ2) is 9.88. The summed E-state index contributed by atoms with van der Waals surface area (Å²) in [6.07, 6.45) is 2.75. The van der Waals surface area contributed by atoms with Crippen LogP contribution in [0, 0.1) is 0 Å². The van der Waals surface area contributed by atoms with E-state index in [0.717, 1.165) is 19.4 Å². The fraction of sp³-hybridized carbons (Fsp3) is 0.500. The van der Waals surface area contributed by atoms with Crippen molar-refractivity contribution in [1.29, 1.82) is 0 Å². The molecule has 5 N–H and O–H groups in total. The van der Waals surface area contributed by atoms with Gasteiger partial charge in [0.15, 0.2) is 6.61 Å². The van der Waals surface area contributed by atoms with Crippen molar-refractivity contribution in [2.75, 3.05) is 26.2 Å². The number of rotatable bonds is 9. The normalized spacial score (nSPS) is 16.3. The lowest BCUT2D eigenvalue weighted by Crippen LogP contribution is -2.43. The summed E-state index contributed by atoms with van der Waals surface area (Å²) in [5.74, 6) is -1.12. The molecule has 1 aliphatic heterocycles. The number of nitrogens with two attached hydrogens (primary N) is 2. The molecule has 8 nitrogen and oxygen atoms in total. The molecule has 0 spiro atoms. The van der Waals surface area contributed by atoms with Gasteiger partial charge in [-0.1, -0.05) is 12.1 Å². The van der Waals surface area contributed by atoms with Crippen LogP contribution in [-0.4, -0.2) is 54.9 Å². The Morgan fingerprint density at radius 2 is 2.00 bits per heavy atom. The van der Waals surface area contributed by atoms with E-state index in [9.17, 15) is 14.4 Å². The number of imide groups is 1. The molecule has 26 heavy (non-hydrogen) atoms. The van der Waals surface area contributed by atoms with Gasteiger partial charge in [0.25, 0.3) is 11.8 Å². The summed E-state index contributed by atoms with van der Waals surface area (Å²) >= 11 is 0. The third-order valence-corrected chi connectivity index (χ3v) is 4.28. The quantitative estimate of drug-likeness (QED) is 0.568. The number of nitrogens with one attached hydrogen (secondary N) is 1. The minimum atomic E-state index is -0.642. The number of ether oxygens (including phenoxy) is 1. The molecule has 3 amide bonds. The highest BCUT2D eigenvalue weighted by Gasteiger charge is 2.26. The first-order valence-corrected chi connectivity index (χ1v) is 8.81. The van der Waals surface area contributed by atoms with Gasteiger partial charge >= 0.3 is 0 Å². The lowest BCUT2D eigenvalue weighted by atomic mass is 10.1. The predicted molar refractivity (Wildman–Crippen MR) is 96.5 cm³/mol. The van der Waals surface area contributed by atoms with E-state index in [1.54, 1.807) is 18.2 Å². The average Bonchev–Trinajstić information content (AvgIpc) is 3.13. The van der Waals surface area contributed by atoms with Crippen LogP contribution in [0.3, 0.4) is 0 Å². The van der Waals surface area contributed by atoms with Crippen LogP contribution < -0.4 is 21.5 Å². The molecule has 2 rings (SSSR count). The third-order valence-electron chi connectivity index (χ3n) is 4.28. The van der Waals surface area contributed by atoms with E-state index in [-0.39, 0.29) is 42.8 Å². The van der Waals surface area contributed by atoms with Crippen molar-refractivity contribution in [2.24, 2.45) is 11.5 Å². The Morgan fingerprint density at radius 1 is 1.23 bits per heavy atom. The van der Waals surface area contributed by atoms with Gasteiger partial charge in [0.05, 0.1) is 5.56 Å². The van der Waals surface area contributed by atoms with Crippen LogP contribution in [0.25, 0.3) is 0 Å². The molecular weight excluding hydrogens is 336 g/mol. The minimum Gasteiger partial charge on any atom is -0.483 e. The maximum absolute atomic E-state index is 12.5. The van der Waals surface area contributed by atoms with Gasteiger partial charge in [-0.25, -0.2) is 0 Å². The first kappa shape index (κ1) is 19.9. The smallest absolute Gasteiger partial charge is 0.267 e. The first-order valence-electron chi connectivity index (χ1n) is 8.81. The van der Waals surface area contributed by atoms with Crippen LogP contribution in [0.5, 0.6) is 5.75 Å². The first-order chi connectivity index (χ1) is 12.5. The lowest BCUT2D eigenvalue weighted by Gasteiger charge is -2.22. The molecule has 1 saturated heterocycles. The summed E-state index contributed by atoms with van der Waals surface area (Å²) in [6.45, 7) is 1.17. The second-order valence-electron chi connectivity index (χ2n) is 6.23. The molecular formula is C18H26N4O4. The van der Waals surface area contributed by atoms with E-state index in [1.807, 2.05) is 0 Å². The highest BCUT2D eigenvalue weighted by atomic mass is 16.5. The van der Waals surface area contributed by atoms with Crippen LogP contribution >= 0.6 is 0 Å². The Balaban J connectivity index is 1.99. The Labute approximate surface area is 152 Å². The highest BCUT2D eigenvalue weighted by Crippen LogP contribution is 2.17. The third kappa shape index (κ3) is 5.53. The van der Waals surface area contributed by atoms with Crippen LogP contribution in [0.4, 0.5) is 0 Å². The molecule has 1 aromatic rings. The largest absolute Gasteiger partial charge is 0.483 e. The molecule has 0 saturated carbocycles. The maximum atomic E-state index is 12.5. The molecule has 1 atom stereocenters. The van der Waals surface area contributed by atoms with Gasteiger partial charge in [0, 0.05) is 19.0 Å². The van der Waals surface area contributed by atoms with Crippen LogP contribution in [-0.2, 0) is 9.59 Å². The van der Waals surface area contributed by atoms with Crippen molar-refractivity contribution in [1.82, 2.24) is 10.2 Å². The molecule has 1 fully saturated rings. The van der Waals surface area contributed by atoms with Gasteiger partial charge in [-0.3, -0.25) is 19.3 Å². The van der Waals surface area contributed by atoms with Gasteiger partial charge in [0.2, 0.25) is 5.91 Å². The molecule has 0 aliphatic carbocycles. The van der Waals surface area contributed by atoms with Gasteiger partial charge in [0.1, 0.15) is 5.75 Å². The predicted octanol–water partition coefficient (Wildman–Crippen LogP) is 0.0104. The number of primary amides is 1. The van der Waals surface area contributed by atoms with Crippen LogP contribution in [0.15, 0.2) is 24.3 Å². The summed E-state index contributed by atoms with van der Waals surface area (Å²) in [6, 6.07) is 6.51. The Kier molecular flexibility index (Phi) is 7.55. The van der Waals surface area contributed by atoms with Gasteiger partial charge in [-0.05, 0) is 44.5 Å². The summed E-state index contributed by atoms with van der Waals surface area (Å²) < 4.78 is 5.45. The van der Waals surface area contributed by atoms with Crippen molar-refractivity contribution in [3.05, 3.63) is 29.8 Å². The Morgan fingerprint density at radius 3 is 2.65 bits per heavy atom. The number of para-hydroxylation sites is 1. The van der Waals surface area contributed by atoms with E-state index in [2.05, 4.69) is 5.32 Å². The lowest BCUT2D eigenvalue weighted by molar-refractivity contribution is -0.146. The van der Waals surface area contributed by atoms with Crippen molar-refractivity contribution < 1.29 is 19.1 Å². The van der Waals surface area contributed by atoms with E-state index >= 15 is 0 Å². The molecule has 0 bridgehead atoms. The zero-order valence-electron chi connectivity index (χ0n) is 14.8. The number of amides is 3. The van der Waals surface area contributed by atoms with Crippen molar-refractivity contribution in [2.45, 2.75) is 31.7 Å². The molecule has 1 aromatic carbocycles. The number of carbonyl (C=O) groups excluding carboxylic acids is 3. The Bertz CT molecular complexity index is 644. The van der Waals surface area contributed by atoms with Gasteiger partial charge in [-0.15, -0.1) is 0 Å². The summed E-state index contributed by atoms with van der Waals surface area (Å²) in [5, 5.41) is 3.25. The second-order valence-corrected chi connectivity index (χ2v) is 6.23. The number of carbonyl (C=O) groups is 3. The molecule has 0 unspecified atom stereocenters. The number of hydrogen-bond acceptors (Lipinski definition) is 6. The molecule has 0 radical (unpaired) electrons. The molecule has 1 aliphatic rings. The van der Waals surface area contributed by atoms with E-state index < -0.39 is 11.8 Å². The van der Waals surface area contributed by atoms with E-state index in [0.29, 0.717) is 13.0 Å². The van der Waals surface area contributed by atoms with Crippen molar-refractivity contribution >= 4 is 17.7 Å². The van der Waals surface area contributed by atoms with E-state index in [4.69, 9.17) is 16.2 Å². The Hall–Kier alpha value is -2.45. The number of hydrogen-bond donors (Lipinski definition) is 3. The van der Waals surface area contributed by atoms with E-state index in [1.165, 1.54) is 11.0 Å². The molecule has 1 heterocycles. The fourth-order valence-corrected chi connectivity index (χ4v) is 2.90. The van der Waals surface area contributed by atoms with Crippen LogP contribution in [0.2, 0.25) is 0 Å². The van der Waals surface area contributed by atoms with Crippen LogP contribution in [0.1, 0.15) is 36.0 Å². The minimum absolute atomic E-state index is 0.104. The topological polar surface area (TPSA) is 128 Å². The molecule has 142 valence electrons. The molecule has 0 aromatic heterocycles. The zero-order valence-corrected chi connectivity index (χ0v) is 14.8. The number of nitrogens with zero attached hydrogens (tertiary/aromatic N) is 1. The van der Waals surface area contributed by atoms with Crippen molar-refractivity contribution in [3.8, 4) is 5.75 Å². The zero-order chi connectivity index (χ0) is 18.9. The van der Waals surface area contributed by atoms with Crippen molar-refractivity contribution in [3.63, 3.8) is 0 Å². The van der Waals surface area contributed by atoms with Gasteiger partial charge in [-0.2, -0.15) is 0 Å². The maximum Gasteiger partial charge on any atom is 0.267 e. The summed E-state index contributed by atoms with van der Waals surface area (Å²) in [7, 11) is 0. The fourth-order valence-electron chi connectivity index (χ4n) is 2.90.